The van der Waals surface area contributed by atoms with Crippen molar-refractivity contribution in [1.29, 1.82) is 0 Å². The van der Waals surface area contributed by atoms with E-state index in [0.717, 1.165) is 13.0 Å². The van der Waals surface area contributed by atoms with Crippen LogP contribution in [0.4, 0.5) is 0 Å². The van der Waals surface area contributed by atoms with Gasteiger partial charge in [0.15, 0.2) is 12.4 Å². The molecular weight excluding hydrogens is 296 g/mol. The number of likely N-dealkylation sites (N-methyl/N-ethyl adjacent to an activating group) is 1. The molecule has 1 fully saturated rings. The number of ether oxygens (including phenoxy) is 1. The first-order valence-corrected chi connectivity index (χ1v) is 7.73. The molecule has 1 aromatic carbocycles. The third-order valence-electron chi connectivity index (χ3n) is 3.91. The van der Waals surface area contributed by atoms with E-state index in [1.807, 2.05) is 0 Å². The van der Waals surface area contributed by atoms with Gasteiger partial charge in [-0.25, -0.2) is 0 Å². The Kier molecular flexibility index (Phi) is 5.73. The predicted molar refractivity (Wildman–Crippen MR) is 85.4 cm³/mol. The number of hydrogen-bond acceptors (Lipinski definition) is 4. The zero-order valence-corrected chi connectivity index (χ0v) is 13.6. The number of likely N-dealkylation sites (tertiary alicyclic amines) is 1. The molecule has 0 saturated carbocycles. The minimum atomic E-state index is -0.162. The van der Waals surface area contributed by atoms with Crippen LogP contribution in [-0.2, 0) is 9.59 Å². The molecule has 6 heteroatoms. The van der Waals surface area contributed by atoms with Crippen molar-refractivity contribution in [2.45, 2.75) is 19.8 Å². The van der Waals surface area contributed by atoms with E-state index in [4.69, 9.17) is 4.74 Å². The number of amides is 2. The molecule has 1 heterocycles. The number of rotatable bonds is 7. The van der Waals surface area contributed by atoms with E-state index in [1.54, 1.807) is 41.1 Å². The summed E-state index contributed by atoms with van der Waals surface area (Å²) in [5.41, 5.74) is 0.552. The van der Waals surface area contributed by atoms with Crippen molar-refractivity contribution in [3.8, 4) is 5.75 Å². The SMILES string of the molecule is CC(=O)c1cccc(OCC(=O)N(C)CCN2CCCC2=O)c1. The molecule has 0 radical (unpaired) electrons. The van der Waals surface area contributed by atoms with E-state index in [1.165, 1.54) is 6.92 Å². The molecule has 1 aliphatic rings. The molecule has 6 nitrogen and oxygen atoms in total. The number of Topliss-reactive ketones (excluding diaryl/α,β-unsaturated/α-hetero) is 1. The minimum Gasteiger partial charge on any atom is -0.484 e. The number of carbonyl (C=O) groups excluding carboxylic acids is 3. The van der Waals surface area contributed by atoms with Gasteiger partial charge in [0.05, 0.1) is 0 Å². The molecule has 0 aromatic heterocycles. The van der Waals surface area contributed by atoms with E-state index in [-0.39, 0.29) is 24.2 Å². The summed E-state index contributed by atoms with van der Waals surface area (Å²) >= 11 is 0. The highest BCUT2D eigenvalue weighted by atomic mass is 16.5. The Bertz CT molecular complexity index is 600. The molecule has 0 N–H and O–H groups in total. The zero-order valence-electron chi connectivity index (χ0n) is 13.6. The van der Waals surface area contributed by atoms with Crippen molar-refractivity contribution in [3.63, 3.8) is 0 Å². The number of ketones is 1. The summed E-state index contributed by atoms with van der Waals surface area (Å²) in [5, 5.41) is 0. The van der Waals surface area contributed by atoms with Crippen molar-refractivity contribution in [2.24, 2.45) is 0 Å². The fourth-order valence-electron chi connectivity index (χ4n) is 2.40. The van der Waals surface area contributed by atoms with Crippen LogP contribution in [0, 0.1) is 0 Å². The van der Waals surface area contributed by atoms with Gasteiger partial charge in [0, 0.05) is 38.7 Å². The van der Waals surface area contributed by atoms with Crippen LogP contribution in [-0.4, -0.2) is 60.7 Å². The van der Waals surface area contributed by atoms with E-state index in [9.17, 15) is 14.4 Å². The van der Waals surface area contributed by atoms with E-state index >= 15 is 0 Å². The predicted octanol–water partition coefficient (Wildman–Crippen LogP) is 1.35. The Hall–Kier alpha value is -2.37. The molecule has 124 valence electrons. The second-order valence-corrected chi connectivity index (χ2v) is 5.67. The maximum atomic E-state index is 12.1. The summed E-state index contributed by atoms with van der Waals surface area (Å²) in [6, 6.07) is 6.76. The first-order valence-electron chi connectivity index (χ1n) is 7.73. The van der Waals surface area contributed by atoms with Crippen molar-refractivity contribution in [3.05, 3.63) is 29.8 Å². The number of benzene rings is 1. The first-order chi connectivity index (χ1) is 11.0. The second kappa shape index (κ2) is 7.76. The molecule has 0 spiro atoms. The highest BCUT2D eigenvalue weighted by molar-refractivity contribution is 5.94. The smallest absolute Gasteiger partial charge is 0.260 e. The van der Waals surface area contributed by atoms with Gasteiger partial charge in [-0.3, -0.25) is 14.4 Å². The molecule has 0 aliphatic carbocycles. The quantitative estimate of drug-likeness (QED) is 0.712. The van der Waals surface area contributed by atoms with Crippen molar-refractivity contribution in [2.75, 3.05) is 33.3 Å². The fraction of sp³-hybridized carbons (Fsp3) is 0.471. The molecule has 0 unspecified atom stereocenters. The van der Waals surface area contributed by atoms with Crippen LogP contribution in [0.5, 0.6) is 5.75 Å². The van der Waals surface area contributed by atoms with Crippen LogP contribution in [0.25, 0.3) is 0 Å². The summed E-state index contributed by atoms with van der Waals surface area (Å²) in [6.07, 6.45) is 1.50. The number of hydrogen-bond donors (Lipinski definition) is 0. The Morgan fingerprint density at radius 2 is 2.13 bits per heavy atom. The average Bonchev–Trinajstić information content (AvgIpc) is 2.95. The Morgan fingerprint density at radius 3 is 2.78 bits per heavy atom. The van der Waals surface area contributed by atoms with Crippen LogP contribution >= 0.6 is 0 Å². The third kappa shape index (κ3) is 4.81. The minimum absolute atomic E-state index is 0.0471. The molecule has 0 atom stereocenters. The maximum absolute atomic E-state index is 12.1. The van der Waals surface area contributed by atoms with E-state index in [2.05, 4.69) is 0 Å². The fourth-order valence-corrected chi connectivity index (χ4v) is 2.40. The summed E-state index contributed by atoms with van der Waals surface area (Å²) in [5.74, 6) is 0.441. The topological polar surface area (TPSA) is 66.9 Å². The first kappa shape index (κ1) is 17.0. The third-order valence-corrected chi connectivity index (χ3v) is 3.91. The van der Waals surface area contributed by atoms with Gasteiger partial charge in [0.25, 0.3) is 5.91 Å². The molecule has 2 rings (SSSR count). The molecule has 2 amide bonds. The Labute approximate surface area is 136 Å². The van der Waals surface area contributed by atoms with Crippen molar-refractivity contribution >= 4 is 17.6 Å². The van der Waals surface area contributed by atoms with Gasteiger partial charge < -0.3 is 14.5 Å². The maximum Gasteiger partial charge on any atom is 0.260 e. The van der Waals surface area contributed by atoms with Gasteiger partial charge >= 0.3 is 0 Å². The molecule has 0 bridgehead atoms. The lowest BCUT2D eigenvalue weighted by atomic mass is 10.1. The number of carbonyl (C=O) groups is 3. The summed E-state index contributed by atoms with van der Waals surface area (Å²) in [4.78, 5) is 38.2. The highest BCUT2D eigenvalue weighted by Gasteiger charge is 2.20. The van der Waals surface area contributed by atoms with Crippen LogP contribution < -0.4 is 4.74 Å². The van der Waals surface area contributed by atoms with E-state index in [0.29, 0.717) is 30.8 Å². The lowest BCUT2D eigenvalue weighted by molar-refractivity contribution is -0.134. The second-order valence-electron chi connectivity index (χ2n) is 5.67. The van der Waals surface area contributed by atoms with Crippen LogP contribution in [0.2, 0.25) is 0 Å². The summed E-state index contributed by atoms with van der Waals surface area (Å²) in [6.45, 7) is 3.21. The standard InChI is InChI=1S/C17H22N2O4/c1-13(20)14-5-3-6-15(11-14)23-12-17(22)18(2)9-10-19-8-4-7-16(19)21/h3,5-6,11H,4,7-10,12H2,1-2H3. The summed E-state index contributed by atoms with van der Waals surface area (Å²) < 4.78 is 5.45. The highest BCUT2D eigenvalue weighted by Crippen LogP contribution is 2.14. The van der Waals surface area contributed by atoms with Crippen molar-refractivity contribution in [1.82, 2.24) is 9.80 Å². The zero-order chi connectivity index (χ0) is 16.8. The lowest BCUT2D eigenvalue weighted by Crippen LogP contribution is -2.38. The molecular formula is C17H22N2O4. The largest absolute Gasteiger partial charge is 0.484 e. The number of nitrogens with zero attached hydrogens (tertiary/aromatic N) is 2. The average molecular weight is 318 g/mol. The lowest BCUT2D eigenvalue weighted by Gasteiger charge is -2.22. The van der Waals surface area contributed by atoms with Gasteiger partial charge in [0.2, 0.25) is 5.91 Å². The van der Waals surface area contributed by atoms with Crippen LogP contribution in [0.3, 0.4) is 0 Å². The normalized spacial score (nSPS) is 14.0. The molecule has 23 heavy (non-hydrogen) atoms. The van der Waals surface area contributed by atoms with Gasteiger partial charge in [-0.15, -0.1) is 0 Å². The van der Waals surface area contributed by atoms with Gasteiger partial charge in [-0.05, 0) is 25.5 Å². The Balaban J connectivity index is 1.78. The van der Waals surface area contributed by atoms with Gasteiger partial charge in [-0.1, -0.05) is 12.1 Å². The van der Waals surface area contributed by atoms with Crippen LogP contribution in [0.1, 0.15) is 30.1 Å². The van der Waals surface area contributed by atoms with Crippen molar-refractivity contribution < 1.29 is 19.1 Å². The molecule has 1 aliphatic heterocycles. The summed E-state index contributed by atoms with van der Waals surface area (Å²) in [7, 11) is 1.69. The van der Waals surface area contributed by atoms with Crippen LogP contribution in [0.15, 0.2) is 24.3 Å². The Morgan fingerprint density at radius 1 is 1.35 bits per heavy atom. The van der Waals surface area contributed by atoms with Gasteiger partial charge in [0.1, 0.15) is 5.75 Å². The van der Waals surface area contributed by atoms with E-state index < -0.39 is 0 Å². The van der Waals surface area contributed by atoms with Gasteiger partial charge in [-0.2, -0.15) is 0 Å². The monoisotopic (exact) mass is 318 g/mol. The molecule has 1 saturated heterocycles. The molecule has 1 aromatic rings.